The smallest absolute Gasteiger partial charge is 0.271 e. The summed E-state index contributed by atoms with van der Waals surface area (Å²) in [6.45, 7) is 1.97. The Morgan fingerprint density at radius 3 is 2.79 bits per heavy atom. The van der Waals surface area contributed by atoms with Crippen molar-refractivity contribution >= 4 is 51.6 Å². The van der Waals surface area contributed by atoms with Crippen LogP contribution in [0.4, 0.5) is 0 Å². The number of benzene rings is 1. The van der Waals surface area contributed by atoms with Gasteiger partial charge in [-0.25, -0.2) is 9.97 Å². The van der Waals surface area contributed by atoms with Crippen LogP contribution in [0.25, 0.3) is 10.9 Å². The van der Waals surface area contributed by atoms with Crippen LogP contribution < -0.4 is 16.4 Å². The number of nitrogens with one attached hydrogen (secondary N) is 2. The number of halogens is 1. The van der Waals surface area contributed by atoms with Crippen LogP contribution >= 0.6 is 22.9 Å². The first-order valence-electron chi connectivity index (χ1n) is 10.4. The van der Waals surface area contributed by atoms with Crippen molar-refractivity contribution < 1.29 is 14.4 Å². The van der Waals surface area contributed by atoms with Gasteiger partial charge >= 0.3 is 0 Å². The minimum absolute atomic E-state index is 0.167. The Morgan fingerprint density at radius 1 is 1.24 bits per heavy atom. The molecule has 0 aliphatic carbocycles. The first kappa shape index (κ1) is 23.1. The number of hydrogen-bond acceptors (Lipinski definition) is 7. The second-order valence-electron chi connectivity index (χ2n) is 7.89. The number of nitrogens with zero attached hydrogens (tertiary/aromatic N) is 3. The van der Waals surface area contributed by atoms with Gasteiger partial charge < -0.3 is 21.3 Å². The number of amides is 3. The number of carbonyl (C=O) groups is 3. The first-order valence-corrected chi connectivity index (χ1v) is 11.6. The molecule has 4 N–H and O–H groups in total. The van der Waals surface area contributed by atoms with E-state index in [1.54, 1.807) is 41.5 Å². The predicted molar refractivity (Wildman–Crippen MR) is 126 cm³/mol. The maximum atomic E-state index is 13.4. The number of hydrogen-bond donors (Lipinski definition) is 3. The fourth-order valence-electron chi connectivity index (χ4n) is 3.82. The number of carbonyl (C=O) groups excluding carboxylic acids is 3. The molecule has 2 aromatic heterocycles. The zero-order valence-electron chi connectivity index (χ0n) is 18.0. The van der Waals surface area contributed by atoms with E-state index in [0.29, 0.717) is 34.2 Å². The summed E-state index contributed by atoms with van der Waals surface area (Å²) in [5.41, 5.74) is 7.61. The maximum Gasteiger partial charge on any atom is 0.271 e. The van der Waals surface area contributed by atoms with Crippen LogP contribution in [0.5, 0.6) is 0 Å². The normalized spacial score (nSPS) is 18.8. The summed E-state index contributed by atoms with van der Waals surface area (Å²) in [6, 6.07) is 7.53. The fourth-order valence-corrected chi connectivity index (χ4v) is 4.90. The average Bonchev–Trinajstić information content (AvgIpc) is 3.44. The molecular formula is C22H23ClN6O3S. The van der Waals surface area contributed by atoms with Crippen molar-refractivity contribution in [3.05, 3.63) is 57.1 Å². The summed E-state index contributed by atoms with van der Waals surface area (Å²) in [5, 5.41) is 8.55. The number of fused-ring (bicyclic) bond motifs is 1. The minimum atomic E-state index is -0.692. The third-order valence-corrected chi connectivity index (χ3v) is 6.68. The molecule has 1 aromatic carbocycles. The third-order valence-electron chi connectivity index (χ3n) is 5.52. The van der Waals surface area contributed by atoms with Gasteiger partial charge in [-0.2, -0.15) is 0 Å². The number of likely N-dealkylation sites (N-methyl/N-ethyl adjacent to an activating group) is 1. The van der Waals surface area contributed by atoms with Crippen molar-refractivity contribution in [2.75, 3.05) is 13.6 Å². The second kappa shape index (κ2) is 9.42. The van der Waals surface area contributed by atoms with Crippen LogP contribution in [0.15, 0.2) is 35.7 Å². The highest BCUT2D eigenvalue weighted by atomic mass is 35.5. The molecule has 0 spiro atoms. The van der Waals surface area contributed by atoms with Gasteiger partial charge in [-0.05, 0) is 43.7 Å². The van der Waals surface area contributed by atoms with Gasteiger partial charge in [-0.3, -0.25) is 14.4 Å². The van der Waals surface area contributed by atoms with E-state index in [1.807, 2.05) is 6.07 Å². The Kier molecular flexibility index (Phi) is 6.59. The van der Waals surface area contributed by atoms with Gasteiger partial charge in [-0.1, -0.05) is 11.6 Å². The Labute approximate surface area is 199 Å². The van der Waals surface area contributed by atoms with Crippen molar-refractivity contribution in [1.82, 2.24) is 25.5 Å². The quantitative estimate of drug-likeness (QED) is 0.473. The zero-order valence-corrected chi connectivity index (χ0v) is 19.6. The van der Waals surface area contributed by atoms with Gasteiger partial charge in [0.15, 0.2) is 0 Å². The molecule has 3 atom stereocenters. The highest BCUT2D eigenvalue weighted by Crippen LogP contribution is 2.35. The predicted octanol–water partition coefficient (Wildman–Crippen LogP) is 2.12. The van der Waals surface area contributed by atoms with E-state index in [2.05, 4.69) is 20.6 Å². The van der Waals surface area contributed by atoms with Crippen molar-refractivity contribution in [2.45, 2.75) is 31.5 Å². The Hall–Kier alpha value is -3.08. The molecule has 3 heterocycles. The SMILES string of the molecule is CNC(=O)C(C)NC(=O)c1csc([C@@H]2C[C@@H](N)CN2C(=O)c2ccc3nc(Cl)ccc3c2)n1. The van der Waals surface area contributed by atoms with Crippen molar-refractivity contribution in [1.29, 1.82) is 0 Å². The maximum absolute atomic E-state index is 13.4. The molecule has 3 aromatic rings. The molecule has 9 nitrogen and oxygen atoms in total. The van der Waals surface area contributed by atoms with Gasteiger partial charge in [0.1, 0.15) is 21.9 Å². The molecule has 33 heavy (non-hydrogen) atoms. The van der Waals surface area contributed by atoms with Gasteiger partial charge in [0.2, 0.25) is 5.91 Å². The van der Waals surface area contributed by atoms with Crippen LogP contribution in [0, 0.1) is 0 Å². The number of pyridine rings is 1. The van der Waals surface area contributed by atoms with Crippen molar-refractivity contribution in [3.63, 3.8) is 0 Å². The summed E-state index contributed by atoms with van der Waals surface area (Å²) in [6.07, 6.45) is 0.541. The summed E-state index contributed by atoms with van der Waals surface area (Å²) in [4.78, 5) is 47.9. The number of nitrogens with two attached hydrogens (primary N) is 1. The molecule has 0 saturated carbocycles. The van der Waals surface area contributed by atoms with E-state index in [9.17, 15) is 14.4 Å². The lowest BCUT2D eigenvalue weighted by molar-refractivity contribution is -0.122. The molecule has 1 unspecified atom stereocenters. The molecular weight excluding hydrogens is 464 g/mol. The summed E-state index contributed by atoms with van der Waals surface area (Å²) >= 11 is 7.24. The summed E-state index contributed by atoms with van der Waals surface area (Å²) in [5.74, 6) is -0.918. The fraction of sp³-hybridized carbons (Fsp3) is 0.318. The Bertz CT molecular complexity index is 1230. The van der Waals surface area contributed by atoms with Crippen LogP contribution in [-0.4, -0.2) is 58.3 Å². The average molecular weight is 487 g/mol. The third kappa shape index (κ3) is 4.82. The molecule has 1 aliphatic rings. The van der Waals surface area contributed by atoms with Crippen LogP contribution in [0.2, 0.25) is 5.15 Å². The van der Waals surface area contributed by atoms with Crippen molar-refractivity contribution in [3.8, 4) is 0 Å². The van der Waals surface area contributed by atoms with E-state index >= 15 is 0 Å². The molecule has 172 valence electrons. The Balaban J connectivity index is 1.55. The van der Waals surface area contributed by atoms with Gasteiger partial charge in [0.25, 0.3) is 11.8 Å². The lowest BCUT2D eigenvalue weighted by atomic mass is 10.1. The molecule has 0 bridgehead atoms. The zero-order chi connectivity index (χ0) is 23.7. The number of aromatic nitrogens is 2. The standard InChI is InChI=1S/C22H23ClN6O3S/c1-11(19(30)25-2)26-20(31)16-10-33-21(28-16)17-8-14(24)9-29(17)22(32)13-3-5-15-12(7-13)4-6-18(23)27-15/h3-7,10-11,14,17H,8-9,24H2,1-2H3,(H,25,30)(H,26,31)/t11?,14-,17+/m1/s1. The largest absolute Gasteiger partial charge is 0.357 e. The highest BCUT2D eigenvalue weighted by molar-refractivity contribution is 7.09. The topological polar surface area (TPSA) is 130 Å². The monoisotopic (exact) mass is 486 g/mol. The van der Waals surface area contributed by atoms with E-state index in [4.69, 9.17) is 17.3 Å². The lowest BCUT2D eigenvalue weighted by Gasteiger charge is -2.23. The highest BCUT2D eigenvalue weighted by Gasteiger charge is 2.37. The van der Waals surface area contributed by atoms with E-state index in [0.717, 1.165) is 5.39 Å². The van der Waals surface area contributed by atoms with Crippen LogP contribution in [0.1, 0.15) is 45.2 Å². The van der Waals surface area contributed by atoms with E-state index in [-0.39, 0.29) is 29.6 Å². The van der Waals surface area contributed by atoms with E-state index in [1.165, 1.54) is 18.4 Å². The summed E-state index contributed by atoms with van der Waals surface area (Å²) in [7, 11) is 1.50. The molecule has 1 aliphatic heterocycles. The molecule has 11 heteroatoms. The minimum Gasteiger partial charge on any atom is -0.357 e. The van der Waals surface area contributed by atoms with Gasteiger partial charge in [-0.15, -0.1) is 11.3 Å². The number of thiazole rings is 1. The van der Waals surface area contributed by atoms with E-state index < -0.39 is 11.9 Å². The molecule has 3 amide bonds. The van der Waals surface area contributed by atoms with Gasteiger partial charge in [0, 0.05) is 36.0 Å². The Morgan fingerprint density at radius 2 is 2.03 bits per heavy atom. The van der Waals surface area contributed by atoms with Crippen LogP contribution in [-0.2, 0) is 4.79 Å². The second-order valence-corrected chi connectivity index (χ2v) is 9.17. The molecule has 1 fully saturated rings. The molecule has 1 saturated heterocycles. The van der Waals surface area contributed by atoms with Crippen LogP contribution in [0.3, 0.4) is 0 Å². The van der Waals surface area contributed by atoms with Gasteiger partial charge in [0.05, 0.1) is 11.6 Å². The number of likely N-dealkylation sites (tertiary alicyclic amines) is 1. The molecule has 0 radical (unpaired) electrons. The van der Waals surface area contributed by atoms with Crippen molar-refractivity contribution in [2.24, 2.45) is 5.73 Å². The molecule has 4 rings (SSSR count). The first-order chi connectivity index (χ1) is 15.8. The summed E-state index contributed by atoms with van der Waals surface area (Å²) < 4.78 is 0. The lowest BCUT2D eigenvalue weighted by Crippen LogP contribution is -2.43. The number of rotatable bonds is 5.